The molecule has 0 amide bonds. The van der Waals surface area contributed by atoms with E-state index in [4.69, 9.17) is 0 Å². The minimum atomic E-state index is -0.0958. The van der Waals surface area contributed by atoms with Gasteiger partial charge < -0.3 is 5.11 Å². The number of hydrogen-bond acceptors (Lipinski definition) is 1. The average molecular weight is 194 g/mol. The molecule has 1 aliphatic carbocycles. The van der Waals surface area contributed by atoms with Crippen LogP contribution in [0.2, 0.25) is 0 Å². The lowest BCUT2D eigenvalue weighted by molar-refractivity contribution is 0.235. The highest BCUT2D eigenvalue weighted by Crippen LogP contribution is 2.43. The molecule has 1 nitrogen and oxygen atoms in total. The second-order valence-electron chi connectivity index (χ2n) is 6.06. The van der Waals surface area contributed by atoms with Gasteiger partial charge in [0.15, 0.2) is 0 Å². The fourth-order valence-electron chi connectivity index (χ4n) is 2.08. The summed E-state index contributed by atoms with van der Waals surface area (Å²) in [6.07, 6.45) is 3.10. The van der Waals surface area contributed by atoms with E-state index in [1.165, 1.54) is 5.57 Å². The maximum absolute atomic E-state index is 10.2. The highest BCUT2D eigenvalue weighted by molar-refractivity contribution is 5.37. The molecule has 0 aromatic carbocycles. The Balaban J connectivity index is 3.26. The molecule has 0 saturated carbocycles. The Labute approximate surface area is 87.5 Å². The zero-order valence-electron chi connectivity index (χ0n) is 10.2. The third-order valence-corrected chi connectivity index (χ3v) is 2.82. The fraction of sp³-hybridized carbons (Fsp3) is 0.692. The van der Waals surface area contributed by atoms with Crippen molar-refractivity contribution in [3.05, 3.63) is 23.0 Å². The predicted molar refractivity (Wildman–Crippen MR) is 61.3 cm³/mol. The molecule has 0 unspecified atom stereocenters. The van der Waals surface area contributed by atoms with Crippen molar-refractivity contribution in [3.63, 3.8) is 0 Å². The van der Waals surface area contributed by atoms with Crippen molar-refractivity contribution >= 4 is 0 Å². The third kappa shape index (κ3) is 2.02. The van der Waals surface area contributed by atoms with Crippen LogP contribution in [0.5, 0.6) is 0 Å². The largest absolute Gasteiger partial charge is 0.511 e. The van der Waals surface area contributed by atoms with Gasteiger partial charge in [0.2, 0.25) is 0 Å². The highest BCUT2D eigenvalue weighted by Gasteiger charge is 2.33. The lowest BCUT2D eigenvalue weighted by Gasteiger charge is -2.35. The summed E-state index contributed by atoms with van der Waals surface area (Å²) in [5.41, 5.74) is 2.38. The maximum Gasteiger partial charge on any atom is 0.102 e. The Hall–Kier alpha value is -0.720. The van der Waals surface area contributed by atoms with Gasteiger partial charge in [0.05, 0.1) is 0 Å². The summed E-state index contributed by atoms with van der Waals surface area (Å²) < 4.78 is 0. The molecule has 0 radical (unpaired) electrons. The van der Waals surface area contributed by atoms with Crippen LogP contribution in [0, 0.1) is 10.8 Å². The van der Waals surface area contributed by atoms with Crippen LogP contribution in [0.3, 0.4) is 0 Å². The zero-order valence-corrected chi connectivity index (χ0v) is 10.2. The van der Waals surface area contributed by atoms with E-state index in [0.717, 1.165) is 12.0 Å². The molecule has 80 valence electrons. The van der Waals surface area contributed by atoms with E-state index in [0.29, 0.717) is 5.76 Å². The van der Waals surface area contributed by atoms with Crippen LogP contribution >= 0.6 is 0 Å². The third-order valence-electron chi connectivity index (χ3n) is 2.82. The van der Waals surface area contributed by atoms with E-state index in [-0.39, 0.29) is 10.8 Å². The minimum absolute atomic E-state index is 0.0308. The minimum Gasteiger partial charge on any atom is -0.511 e. The maximum atomic E-state index is 10.2. The second-order valence-corrected chi connectivity index (χ2v) is 6.06. The Morgan fingerprint density at radius 1 is 1.29 bits per heavy atom. The van der Waals surface area contributed by atoms with Crippen LogP contribution in [-0.4, -0.2) is 5.11 Å². The normalized spacial score (nSPS) is 22.3. The molecule has 1 rings (SSSR count). The fourth-order valence-corrected chi connectivity index (χ4v) is 2.08. The van der Waals surface area contributed by atoms with E-state index < -0.39 is 0 Å². The summed E-state index contributed by atoms with van der Waals surface area (Å²) in [7, 11) is 0. The van der Waals surface area contributed by atoms with Gasteiger partial charge in [-0.15, -0.1) is 0 Å². The van der Waals surface area contributed by atoms with Crippen LogP contribution in [0.15, 0.2) is 23.0 Å². The molecule has 0 spiro atoms. The second kappa shape index (κ2) is 3.15. The first kappa shape index (κ1) is 11.4. The average Bonchev–Trinajstić information content (AvgIpc) is 1.93. The quantitative estimate of drug-likeness (QED) is 0.612. The zero-order chi connectivity index (χ0) is 11.1. The molecule has 0 atom stereocenters. The van der Waals surface area contributed by atoms with Gasteiger partial charge in [0.25, 0.3) is 0 Å². The summed E-state index contributed by atoms with van der Waals surface area (Å²) in [6, 6.07) is 0. The summed E-state index contributed by atoms with van der Waals surface area (Å²) >= 11 is 0. The number of hydrogen-bond donors (Lipinski definition) is 1. The van der Waals surface area contributed by atoms with Gasteiger partial charge >= 0.3 is 0 Å². The molecule has 1 aliphatic rings. The van der Waals surface area contributed by atoms with Crippen molar-refractivity contribution in [1.82, 2.24) is 0 Å². The van der Waals surface area contributed by atoms with Crippen molar-refractivity contribution in [2.75, 3.05) is 0 Å². The van der Waals surface area contributed by atoms with Crippen molar-refractivity contribution in [2.24, 2.45) is 10.8 Å². The van der Waals surface area contributed by atoms with E-state index in [1.54, 1.807) is 0 Å². The SMILES string of the molecule is CC1=CC(C(C)(C)C)=C(O)C(C)(C)C1. The van der Waals surface area contributed by atoms with Crippen molar-refractivity contribution in [2.45, 2.75) is 48.0 Å². The van der Waals surface area contributed by atoms with Gasteiger partial charge in [-0.2, -0.15) is 0 Å². The molecule has 0 saturated heterocycles. The Kier molecular flexibility index (Phi) is 2.55. The molecular formula is C13H22O. The molecule has 0 aromatic rings. The van der Waals surface area contributed by atoms with Crippen molar-refractivity contribution in [3.8, 4) is 0 Å². The van der Waals surface area contributed by atoms with Gasteiger partial charge in [-0.3, -0.25) is 0 Å². The van der Waals surface area contributed by atoms with Crippen molar-refractivity contribution < 1.29 is 5.11 Å². The number of aliphatic hydroxyl groups is 1. The highest BCUT2D eigenvalue weighted by atomic mass is 16.3. The topological polar surface area (TPSA) is 20.2 Å². The summed E-state index contributed by atoms with van der Waals surface area (Å²) in [5, 5.41) is 10.2. The standard InChI is InChI=1S/C13H22O/c1-9-7-10(12(2,3)4)11(14)13(5,6)8-9/h7,14H,8H2,1-6H3. The molecule has 0 bridgehead atoms. The molecule has 0 aliphatic heterocycles. The Morgan fingerprint density at radius 3 is 2.21 bits per heavy atom. The molecule has 0 aromatic heterocycles. The summed E-state index contributed by atoms with van der Waals surface area (Å²) in [6.45, 7) is 12.8. The number of aliphatic hydroxyl groups excluding tert-OH is 1. The van der Waals surface area contributed by atoms with Crippen LogP contribution in [-0.2, 0) is 0 Å². The van der Waals surface area contributed by atoms with Crippen LogP contribution < -0.4 is 0 Å². The number of rotatable bonds is 0. The molecule has 0 heterocycles. The Morgan fingerprint density at radius 2 is 1.79 bits per heavy atom. The molecular weight excluding hydrogens is 172 g/mol. The van der Waals surface area contributed by atoms with E-state index in [2.05, 4.69) is 47.6 Å². The first-order valence-corrected chi connectivity index (χ1v) is 5.26. The van der Waals surface area contributed by atoms with E-state index in [9.17, 15) is 5.11 Å². The van der Waals surface area contributed by atoms with Gasteiger partial charge in [0, 0.05) is 5.41 Å². The first-order valence-electron chi connectivity index (χ1n) is 5.26. The summed E-state index contributed by atoms with van der Waals surface area (Å²) in [5.74, 6) is 0.565. The lowest BCUT2D eigenvalue weighted by atomic mass is 9.72. The molecule has 0 fully saturated rings. The van der Waals surface area contributed by atoms with E-state index in [1.807, 2.05) is 0 Å². The van der Waals surface area contributed by atoms with Gasteiger partial charge in [-0.1, -0.05) is 46.3 Å². The summed E-state index contributed by atoms with van der Waals surface area (Å²) in [4.78, 5) is 0. The molecule has 1 N–H and O–H groups in total. The van der Waals surface area contributed by atoms with E-state index >= 15 is 0 Å². The first-order chi connectivity index (χ1) is 6.14. The predicted octanol–water partition coefficient (Wildman–Crippen LogP) is 4.22. The smallest absolute Gasteiger partial charge is 0.102 e. The Bertz CT molecular complexity index is 298. The van der Waals surface area contributed by atoms with Gasteiger partial charge in [-0.25, -0.2) is 0 Å². The number of allylic oxidation sites excluding steroid dienone is 4. The van der Waals surface area contributed by atoms with Gasteiger partial charge in [0.1, 0.15) is 5.76 Å². The van der Waals surface area contributed by atoms with Crippen LogP contribution in [0.25, 0.3) is 0 Å². The lowest BCUT2D eigenvalue weighted by Crippen LogP contribution is -2.24. The molecule has 1 heteroatoms. The van der Waals surface area contributed by atoms with Gasteiger partial charge in [-0.05, 0) is 24.3 Å². The monoisotopic (exact) mass is 194 g/mol. The van der Waals surface area contributed by atoms with Crippen LogP contribution in [0.4, 0.5) is 0 Å². The van der Waals surface area contributed by atoms with Crippen molar-refractivity contribution in [1.29, 1.82) is 0 Å². The van der Waals surface area contributed by atoms with Crippen LogP contribution in [0.1, 0.15) is 48.0 Å². The molecule has 14 heavy (non-hydrogen) atoms.